The van der Waals surface area contributed by atoms with Gasteiger partial charge in [0.1, 0.15) is 5.75 Å². The molecule has 5 heteroatoms. The highest BCUT2D eigenvalue weighted by molar-refractivity contribution is 6.04. The van der Waals surface area contributed by atoms with Crippen molar-refractivity contribution in [1.29, 1.82) is 0 Å². The van der Waals surface area contributed by atoms with Crippen LogP contribution in [0.5, 0.6) is 5.75 Å². The number of likely N-dealkylation sites (tertiary alicyclic amines) is 1. The molecule has 1 saturated heterocycles. The molecule has 0 radical (unpaired) electrons. The topological polar surface area (TPSA) is 58.6 Å². The van der Waals surface area contributed by atoms with Crippen molar-refractivity contribution in [3.63, 3.8) is 0 Å². The van der Waals surface area contributed by atoms with E-state index in [9.17, 15) is 9.59 Å². The van der Waals surface area contributed by atoms with Crippen LogP contribution in [0.3, 0.4) is 0 Å². The first-order chi connectivity index (χ1) is 13.0. The van der Waals surface area contributed by atoms with Gasteiger partial charge in [-0.2, -0.15) is 0 Å². The normalized spacial score (nSPS) is 14.2. The number of amides is 2. The van der Waals surface area contributed by atoms with Crippen LogP contribution < -0.4 is 10.1 Å². The van der Waals surface area contributed by atoms with E-state index in [-0.39, 0.29) is 11.8 Å². The number of benzene rings is 2. The minimum absolute atomic E-state index is 0.162. The third kappa shape index (κ3) is 4.30. The Hall–Kier alpha value is -2.82. The molecule has 0 aromatic heterocycles. The number of aryl methyl sites for hydroxylation is 1. The smallest absolute Gasteiger partial charge is 0.255 e. The third-order valence-electron chi connectivity index (χ3n) is 5.07. The Morgan fingerprint density at radius 1 is 1.11 bits per heavy atom. The lowest BCUT2D eigenvalue weighted by atomic mass is 10.1. The molecule has 0 bridgehead atoms. The Morgan fingerprint density at radius 3 is 2.52 bits per heavy atom. The van der Waals surface area contributed by atoms with E-state index in [0.29, 0.717) is 18.5 Å². The molecule has 2 amide bonds. The SMILES string of the molecule is COc1c(C)ccc(NC(=O)c2ccc(CN3CCCCC3=O)cc2)c1C. The summed E-state index contributed by atoms with van der Waals surface area (Å²) >= 11 is 0. The maximum atomic E-state index is 12.6. The monoisotopic (exact) mass is 366 g/mol. The summed E-state index contributed by atoms with van der Waals surface area (Å²) in [6.07, 6.45) is 2.68. The molecule has 0 unspecified atom stereocenters. The second-order valence-electron chi connectivity index (χ2n) is 7.01. The zero-order chi connectivity index (χ0) is 19.4. The molecule has 1 aliphatic rings. The van der Waals surface area contributed by atoms with Gasteiger partial charge >= 0.3 is 0 Å². The summed E-state index contributed by atoms with van der Waals surface area (Å²) in [4.78, 5) is 26.4. The molecular weight excluding hydrogens is 340 g/mol. The third-order valence-corrected chi connectivity index (χ3v) is 5.07. The highest BCUT2D eigenvalue weighted by Crippen LogP contribution is 2.29. The highest BCUT2D eigenvalue weighted by atomic mass is 16.5. The molecule has 1 aliphatic heterocycles. The Balaban J connectivity index is 1.68. The minimum atomic E-state index is -0.162. The van der Waals surface area contributed by atoms with Gasteiger partial charge in [-0.1, -0.05) is 18.2 Å². The second kappa shape index (κ2) is 8.25. The van der Waals surface area contributed by atoms with Crippen LogP contribution in [-0.2, 0) is 11.3 Å². The van der Waals surface area contributed by atoms with Gasteiger partial charge in [0.05, 0.1) is 7.11 Å². The number of anilines is 1. The molecule has 2 aromatic carbocycles. The van der Waals surface area contributed by atoms with E-state index in [2.05, 4.69) is 5.32 Å². The fourth-order valence-electron chi connectivity index (χ4n) is 3.48. The van der Waals surface area contributed by atoms with Crippen molar-refractivity contribution < 1.29 is 14.3 Å². The first-order valence-electron chi connectivity index (χ1n) is 9.32. The number of nitrogens with zero attached hydrogens (tertiary/aromatic N) is 1. The Morgan fingerprint density at radius 2 is 1.85 bits per heavy atom. The van der Waals surface area contributed by atoms with E-state index in [4.69, 9.17) is 4.74 Å². The van der Waals surface area contributed by atoms with Crippen molar-refractivity contribution >= 4 is 17.5 Å². The number of piperidine rings is 1. The molecule has 0 aliphatic carbocycles. The highest BCUT2D eigenvalue weighted by Gasteiger charge is 2.18. The number of rotatable bonds is 5. The zero-order valence-corrected chi connectivity index (χ0v) is 16.2. The molecule has 5 nitrogen and oxygen atoms in total. The van der Waals surface area contributed by atoms with Crippen LogP contribution in [0.4, 0.5) is 5.69 Å². The number of carbonyl (C=O) groups excluding carboxylic acids is 2. The molecule has 3 rings (SSSR count). The zero-order valence-electron chi connectivity index (χ0n) is 16.2. The summed E-state index contributed by atoms with van der Waals surface area (Å²) in [5.74, 6) is 0.839. The summed E-state index contributed by atoms with van der Waals surface area (Å²) in [6.45, 7) is 5.33. The average Bonchev–Trinajstić information content (AvgIpc) is 2.67. The van der Waals surface area contributed by atoms with E-state index in [0.717, 1.165) is 47.5 Å². The van der Waals surface area contributed by atoms with Crippen LogP contribution in [0.1, 0.15) is 46.3 Å². The van der Waals surface area contributed by atoms with Gasteiger partial charge in [-0.15, -0.1) is 0 Å². The van der Waals surface area contributed by atoms with Crippen molar-refractivity contribution in [2.24, 2.45) is 0 Å². The van der Waals surface area contributed by atoms with E-state index in [1.165, 1.54) is 0 Å². The Bertz CT molecular complexity index is 843. The number of nitrogens with one attached hydrogen (secondary N) is 1. The fourth-order valence-corrected chi connectivity index (χ4v) is 3.48. The van der Waals surface area contributed by atoms with Gasteiger partial charge in [0.25, 0.3) is 5.91 Å². The molecule has 0 saturated carbocycles. The summed E-state index contributed by atoms with van der Waals surface area (Å²) in [5.41, 5.74) is 4.30. The lowest BCUT2D eigenvalue weighted by Crippen LogP contribution is -2.34. The van der Waals surface area contributed by atoms with Gasteiger partial charge in [0, 0.05) is 36.3 Å². The maximum absolute atomic E-state index is 12.6. The molecule has 142 valence electrons. The maximum Gasteiger partial charge on any atom is 0.255 e. The number of hydrogen-bond donors (Lipinski definition) is 1. The van der Waals surface area contributed by atoms with Crippen molar-refractivity contribution in [3.05, 3.63) is 58.7 Å². The van der Waals surface area contributed by atoms with Gasteiger partial charge in [-0.3, -0.25) is 9.59 Å². The van der Waals surface area contributed by atoms with Crippen molar-refractivity contribution in [1.82, 2.24) is 4.90 Å². The fraction of sp³-hybridized carbons (Fsp3) is 0.364. The van der Waals surface area contributed by atoms with Gasteiger partial charge < -0.3 is 15.0 Å². The molecular formula is C22H26N2O3. The van der Waals surface area contributed by atoms with Crippen LogP contribution in [0, 0.1) is 13.8 Å². The largest absolute Gasteiger partial charge is 0.496 e. The van der Waals surface area contributed by atoms with Crippen LogP contribution in [-0.4, -0.2) is 30.4 Å². The van der Waals surface area contributed by atoms with E-state index in [1.54, 1.807) is 19.2 Å². The van der Waals surface area contributed by atoms with Crippen molar-refractivity contribution in [3.8, 4) is 5.75 Å². The molecule has 2 aromatic rings. The molecule has 0 atom stereocenters. The Labute approximate surface area is 160 Å². The predicted octanol–water partition coefficient (Wildman–Crippen LogP) is 4.08. The number of carbonyl (C=O) groups is 2. The molecule has 0 spiro atoms. The lowest BCUT2D eigenvalue weighted by Gasteiger charge is -2.26. The van der Waals surface area contributed by atoms with Crippen LogP contribution in [0.2, 0.25) is 0 Å². The van der Waals surface area contributed by atoms with Gasteiger partial charge in [0.2, 0.25) is 5.91 Å². The molecule has 1 heterocycles. The summed E-state index contributed by atoms with van der Waals surface area (Å²) in [5, 5.41) is 2.95. The van der Waals surface area contributed by atoms with E-state index >= 15 is 0 Å². The Kier molecular flexibility index (Phi) is 5.79. The molecule has 1 N–H and O–H groups in total. The standard InChI is InChI=1S/C22H26N2O3/c1-15-7-12-19(16(2)21(15)27-3)23-22(26)18-10-8-17(9-11-18)14-24-13-5-4-6-20(24)25/h7-12H,4-6,13-14H2,1-3H3,(H,23,26). The quantitative estimate of drug-likeness (QED) is 0.867. The lowest BCUT2D eigenvalue weighted by molar-refractivity contribution is -0.133. The number of ether oxygens (including phenoxy) is 1. The van der Waals surface area contributed by atoms with Gasteiger partial charge in [-0.05, 0) is 56.0 Å². The number of hydrogen-bond acceptors (Lipinski definition) is 3. The molecule has 27 heavy (non-hydrogen) atoms. The summed E-state index contributed by atoms with van der Waals surface area (Å²) in [7, 11) is 1.63. The van der Waals surface area contributed by atoms with Crippen molar-refractivity contribution in [2.75, 3.05) is 19.0 Å². The van der Waals surface area contributed by atoms with Crippen molar-refractivity contribution in [2.45, 2.75) is 39.7 Å². The van der Waals surface area contributed by atoms with E-state index < -0.39 is 0 Å². The van der Waals surface area contributed by atoms with Crippen LogP contribution >= 0.6 is 0 Å². The van der Waals surface area contributed by atoms with E-state index in [1.807, 2.05) is 43.0 Å². The number of methoxy groups -OCH3 is 1. The van der Waals surface area contributed by atoms with Gasteiger partial charge in [-0.25, -0.2) is 0 Å². The summed E-state index contributed by atoms with van der Waals surface area (Å²) < 4.78 is 5.42. The minimum Gasteiger partial charge on any atom is -0.496 e. The first kappa shape index (κ1) is 19.0. The summed E-state index contributed by atoms with van der Waals surface area (Å²) in [6, 6.07) is 11.3. The van der Waals surface area contributed by atoms with Crippen LogP contribution in [0.15, 0.2) is 36.4 Å². The second-order valence-corrected chi connectivity index (χ2v) is 7.01. The average molecular weight is 366 g/mol. The molecule has 1 fully saturated rings. The first-order valence-corrected chi connectivity index (χ1v) is 9.32. The predicted molar refractivity (Wildman–Crippen MR) is 106 cm³/mol. The van der Waals surface area contributed by atoms with Gasteiger partial charge in [0.15, 0.2) is 0 Å². The van der Waals surface area contributed by atoms with Crippen LogP contribution in [0.25, 0.3) is 0 Å².